The Balaban J connectivity index is 1.71. The van der Waals surface area contributed by atoms with E-state index in [1.54, 1.807) is 30.3 Å². The number of carbonyl (C=O) groups excluding carboxylic acids is 2. The van der Waals surface area contributed by atoms with Crippen LogP contribution in [0.1, 0.15) is 5.56 Å². The Kier molecular flexibility index (Phi) is 4.43. The Hall–Kier alpha value is -3.13. The fourth-order valence-electron chi connectivity index (χ4n) is 3.27. The van der Waals surface area contributed by atoms with Crippen molar-refractivity contribution in [1.29, 1.82) is 0 Å². The summed E-state index contributed by atoms with van der Waals surface area (Å²) in [7, 11) is 3.00. The summed E-state index contributed by atoms with van der Waals surface area (Å²) in [5.41, 5.74) is 1.85. The largest absolute Gasteiger partial charge is 0.497 e. The van der Waals surface area contributed by atoms with Crippen molar-refractivity contribution < 1.29 is 19.1 Å². The number of methoxy groups -OCH3 is 2. The van der Waals surface area contributed by atoms with Crippen molar-refractivity contribution in [1.82, 2.24) is 0 Å². The highest BCUT2D eigenvalue weighted by atomic mass is 35.5. The van der Waals surface area contributed by atoms with Crippen LogP contribution in [0.25, 0.3) is 0 Å². The summed E-state index contributed by atoms with van der Waals surface area (Å²) in [5, 5.41) is 10.1. The number of ether oxygens (including phenoxy) is 2. The van der Waals surface area contributed by atoms with Crippen molar-refractivity contribution in [3.63, 3.8) is 0 Å². The number of rotatable bonds is 4. The summed E-state index contributed by atoms with van der Waals surface area (Å²) >= 11 is 6.20. The van der Waals surface area contributed by atoms with E-state index in [1.165, 1.54) is 19.2 Å². The van der Waals surface area contributed by atoms with Gasteiger partial charge in [-0.15, -0.1) is 0 Å². The minimum Gasteiger partial charge on any atom is -0.497 e. The zero-order chi connectivity index (χ0) is 20.0. The second-order valence-electron chi connectivity index (χ2n) is 6.46. The molecule has 0 aromatic heterocycles. The van der Waals surface area contributed by atoms with Gasteiger partial charge in [-0.25, -0.2) is 9.91 Å². The summed E-state index contributed by atoms with van der Waals surface area (Å²) in [5.74, 6) is 0.0633. The van der Waals surface area contributed by atoms with Gasteiger partial charge in [0.2, 0.25) is 0 Å². The van der Waals surface area contributed by atoms with Crippen molar-refractivity contribution in [3.05, 3.63) is 47.0 Å². The van der Waals surface area contributed by atoms with Gasteiger partial charge in [0, 0.05) is 23.2 Å². The van der Waals surface area contributed by atoms with Crippen LogP contribution in [-0.4, -0.2) is 38.1 Å². The van der Waals surface area contributed by atoms with Gasteiger partial charge in [0.15, 0.2) is 12.1 Å². The molecule has 0 N–H and O–H groups in total. The number of imide groups is 1. The number of benzene rings is 2. The van der Waals surface area contributed by atoms with Gasteiger partial charge in [0.25, 0.3) is 11.8 Å². The van der Waals surface area contributed by atoms with E-state index in [-0.39, 0.29) is 0 Å². The highest BCUT2D eigenvalue weighted by Crippen LogP contribution is 2.38. The lowest BCUT2D eigenvalue weighted by molar-refractivity contribution is -0.121. The monoisotopic (exact) mass is 400 g/mol. The lowest BCUT2D eigenvalue weighted by atomic mass is 10.1. The molecule has 144 valence electrons. The third-order valence-electron chi connectivity index (χ3n) is 4.80. The van der Waals surface area contributed by atoms with Crippen LogP contribution in [0.3, 0.4) is 0 Å². The molecule has 0 aliphatic carbocycles. The Morgan fingerprint density at radius 1 is 0.964 bits per heavy atom. The fraction of sp³-hybridized carbons (Fsp3) is 0.263. The number of halogens is 1. The maximum atomic E-state index is 13.2. The second kappa shape index (κ2) is 6.79. The summed E-state index contributed by atoms with van der Waals surface area (Å²) in [6.45, 7) is 1.88. The van der Waals surface area contributed by atoms with Crippen LogP contribution >= 0.6 is 11.6 Å². The lowest BCUT2D eigenvalue weighted by Crippen LogP contribution is -2.39. The van der Waals surface area contributed by atoms with E-state index in [0.717, 1.165) is 10.5 Å². The van der Waals surface area contributed by atoms with Gasteiger partial charge in [0.1, 0.15) is 11.5 Å². The number of hydrogen-bond donors (Lipinski definition) is 0. The zero-order valence-corrected chi connectivity index (χ0v) is 16.2. The topological polar surface area (TPSA) is 83.8 Å². The quantitative estimate of drug-likeness (QED) is 0.736. The number of amides is 2. The third kappa shape index (κ3) is 2.77. The molecule has 2 aliphatic heterocycles. The highest BCUT2D eigenvalue weighted by molar-refractivity contribution is 6.31. The molecule has 1 fully saturated rings. The normalized spacial score (nSPS) is 20.7. The molecular formula is C19H17ClN4O4. The minimum atomic E-state index is -0.912. The smallest absolute Gasteiger partial charge is 0.263 e. The van der Waals surface area contributed by atoms with Crippen molar-refractivity contribution in [2.75, 3.05) is 24.1 Å². The standard InChI is InChI=1S/C19H17ClN4O4/c1-10-4-5-11(8-15(10)20)24-17-16(21-22-24)18(25)23(19(17)26)12-6-13(27-2)9-14(7-12)28-3/h4-9,16-17H,1-3H3/t16-,17+/m0/s1. The van der Waals surface area contributed by atoms with E-state index < -0.39 is 23.9 Å². The molecule has 28 heavy (non-hydrogen) atoms. The second-order valence-corrected chi connectivity index (χ2v) is 6.86. The summed E-state index contributed by atoms with van der Waals surface area (Å²) in [6.07, 6.45) is 0. The van der Waals surface area contributed by atoms with Gasteiger partial charge in [-0.3, -0.25) is 9.59 Å². The van der Waals surface area contributed by atoms with Gasteiger partial charge in [-0.2, -0.15) is 5.11 Å². The average Bonchev–Trinajstić information content (AvgIpc) is 3.24. The van der Waals surface area contributed by atoms with Gasteiger partial charge >= 0.3 is 0 Å². The number of anilines is 2. The SMILES string of the molecule is COc1cc(OC)cc(N2C(=O)[C@H]3N=NN(c4ccc(C)c(Cl)c4)[C@H]3C2=O)c1. The van der Waals surface area contributed by atoms with Crippen LogP contribution in [0, 0.1) is 6.92 Å². The van der Waals surface area contributed by atoms with Crippen molar-refractivity contribution in [2.24, 2.45) is 10.3 Å². The van der Waals surface area contributed by atoms with Gasteiger partial charge < -0.3 is 9.47 Å². The molecule has 1 saturated heterocycles. The first-order valence-electron chi connectivity index (χ1n) is 8.51. The van der Waals surface area contributed by atoms with Crippen LogP contribution < -0.4 is 19.4 Å². The Bertz CT molecular complexity index is 987. The predicted octanol–water partition coefficient (Wildman–Crippen LogP) is 3.16. The van der Waals surface area contributed by atoms with Crippen LogP contribution in [0.2, 0.25) is 5.02 Å². The van der Waals surface area contributed by atoms with Crippen molar-refractivity contribution in [2.45, 2.75) is 19.0 Å². The molecule has 2 amide bonds. The molecule has 8 nitrogen and oxygen atoms in total. The van der Waals surface area contributed by atoms with Crippen LogP contribution in [-0.2, 0) is 9.59 Å². The Labute approximate surface area is 166 Å². The summed E-state index contributed by atoms with van der Waals surface area (Å²) in [6, 6.07) is 8.41. The van der Waals surface area contributed by atoms with Crippen LogP contribution in [0.4, 0.5) is 11.4 Å². The van der Waals surface area contributed by atoms with E-state index in [9.17, 15) is 9.59 Å². The zero-order valence-electron chi connectivity index (χ0n) is 15.4. The van der Waals surface area contributed by atoms with E-state index in [4.69, 9.17) is 21.1 Å². The van der Waals surface area contributed by atoms with E-state index >= 15 is 0 Å². The molecule has 0 radical (unpaired) electrons. The molecule has 2 heterocycles. The molecule has 4 rings (SSSR count). The maximum Gasteiger partial charge on any atom is 0.263 e. The van der Waals surface area contributed by atoms with E-state index in [1.807, 2.05) is 13.0 Å². The number of nitrogens with zero attached hydrogens (tertiary/aromatic N) is 4. The molecule has 0 spiro atoms. The molecule has 2 atom stereocenters. The first-order chi connectivity index (χ1) is 13.4. The predicted molar refractivity (Wildman–Crippen MR) is 103 cm³/mol. The van der Waals surface area contributed by atoms with E-state index in [0.29, 0.717) is 27.9 Å². The number of aryl methyl sites for hydroxylation is 1. The third-order valence-corrected chi connectivity index (χ3v) is 5.20. The molecule has 2 aromatic carbocycles. The first-order valence-corrected chi connectivity index (χ1v) is 8.89. The highest BCUT2D eigenvalue weighted by Gasteiger charge is 2.55. The molecular weight excluding hydrogens is 384 g/mol. The fourth-order valence-corrected chi connectivity index (χ4v) is 3.45. The van der Waals surface area contributed by atoms with Gasteiger partial charge in [0.05, 0.1) is 25.6 Å². The minimum absolute atomic E-state index is 0.359. The Morgan fingerprint density at radius 3 is 2.25 bits per heavy atom. The summed E-state index contributed by atoms with van der Waals surface area (Å²) < 4.78 is 10.5. The molecule has 0 saturated carbocycles. The molecule has 9 heteroatoms. The van der Waals surface area contributed by atoms with Crippen molar-refractivity contribution >= 4 is 34.8 Å². The number of hydrogen-bond acceptors (Lipinski definition) is 7. The maximum absolute atomic E-state index is 13.2. The van der Waals surface area contributed by atoms with Crippen LogP contribution in [0.5, 0.6) is 11.5 Å². The molecule has 2 aliphatic rings. The Morgan fingerprint density at radius 2 is 1.64 bits per heavy atom. The molecule has 2 aromatic rings. The number of carbonyl (C=O) groups is 2. The number of fused-ring (bicyclic) bond motifs is 1. The first kappa shape index (κ1) is 18.2. The van der Waals surface area contributed by atoms with E-state index in [2.05, 4.69) is 10.3 Å². The van der Waals surface area contributed by atoms with Crippen molar-refractivity contribution in [3.8, 4) is 11.5 Å². The lowest BCUT2D eigenvalue weighted by Gasteiger charge is -2.21. The van der Waals surface area contributed by atoms with Crippen LogP contribution in [0.15, 0.2) is 46.7 Å². The molecule has 0 unspecified atom stereocenters. The summed E-state index contributed by atoms with van der Waals surface area (Å²) in [4.78, 5) is 27.2. The van der Waals surface area contributed by atoms with Gasteiger partial charge in [-0.1, -0.05) is 22.9 Å². The van der Waals surface area contributed by atoms with Gasteiger partial charge in [-0.05, 0) is 24.6 Å². The molecule has 0 bridgehead atoms. The average molecular weight is 401 g/mol.